The molecule has 0 fully saturated rings. The third-order valence-corrected chi connectivity index (χ3v) is 4.95. The first-order chi connectivity index (χ1) is 14.1. The van der Waals surface area contributed by atoms with Gasteiger partial charge in [-0.3, -0.25) is 0 Å². The Morgan fingerprint density at radius 2 is 1.72 bits per heavy atom. The summed E-state index contributed by atoms with van der Waals surface area (Å²) in [6.45, 7) is 0.549. The van der Waals surface area contributed by atoms with Gasteiger partial charge in [0.15, 0.2) is 0 Å². The maximum Gasteiger partial charge on any atom is 0.407 e. The first-order valence-electron chi connectivity index (χ1n) is 9.30. The smallest absolute Gasteiger partial charge is 0.407 e. The van der Waals surface area contributed by atoms with E-state index in [0.717, 1.165) is 5.56 Å². The molecule has 146 valence electrons. The lowest BCUT2D eigenvalue weighted by molar-refractivity contribution is 0.0691. The molecule has 0 unspecified atom stereocenters. The molecule has 3 aromatic rings. The molecule has 6 heteroatoms. The van der Waals surface area contributed by atoms with Crippen molar-refractivity contribution in [1.29, 1.82) is 0 Å². The number of alkyl carbamates (subject to hydrolysis) is 1. The lowest BCUT2D eigenvalue weighted by Gasteiger charge is -2.14. The van der Waals surface area contributed by atoms with Crippen LogP contribution in [-0.2, 0) is 4.74 Å². The topological polar surface area (TPSA) is 91.4 Å². The number of aromatic amines is 1. The zero-order chi connectivity index (χ0) is 20.2. The van der Waals surface area contributed by atoms with Crippen molar-refractivity contribution in [3.05, 3.63) is 89.3 Å². The van der Waals surface area contributed by atoms with Crippen molar-refractivity contribution < 1.29 is 19.4 Å². The Hall–Kier alpha value is -3.80. The van der Waals surface area contributed by atoms with Gasteiger partial charge < -0.3 is 20.1 Å². The minimum atomic E-state index is -1.01. The van der Waals surface area contributed by atoms with Crippen LogP contribution in [0.3, 0.4) is 0 Å². The number of carbonyl (C=O) groups is 2. The molecule has 0 radical (unpaired) electrons. The van der Waals surface area contributed by atoms with Gasteiger partial charge in [-0.05, 0) is 33.9 Å². The van der Waals surface area contributed by atoms with Crippen LogP contribution in [0.15, 0.2) is 66.9 Å². The molecule has 6 nitrogen and oxygen atoms in total. The third-order valence-electron chi connectivity index (χ3n) is 4.95. The zero-order valence-electron chi connectivity index (χ0n) is 15.6. The number of H-pyrrole nitrogens is 1. The van der Waals surface area contributed by atoms with Gasteiger partial charge in [0, 0.05) is 18.7 Å². The first-order valence-corrected chi connectivity index (χ1v) is 9.30. The average molecular weight is 388 g/mol. The van der Waals surface area contributed by atoms with Crippen LogP contribution in [-0.4, -0.2) is 35.3 Å². The highest BCUT2D eigenvalue weighted by Crippen LogP contribution is 2.44. The molecule has 0 bridgehead atoms. The first kappa shape index (κ1) is 18.6. The predicted octanol–water partition coefficient (Wildman–Crippen LogP) is 4.26. The Bertz CT molecular complexity index is 1040. The number of ether oxygens (including phenoxy) is 1. The summed E-state index contributed by atoms with van der Waals surface area (Å²) >= 11 is 0. The molecule has 29 heavy (non-hydrogen) atoms. The van der Waals surface area contributed by atoms with Gasteiger partial charge in [0.2, 0.25) is 0 Å². The molecule has 0 saturated carbocycles. The number of aromatic nitrogens is 1. The van der Waals surface area contributed by atoms with Gasteiger partial charge >= 0.3 is 12.1 Å². The van der Waals surface area contributed by atoms with Crippen molar-refractivity contribution in [2.75, 3.05) is 13.2 Å². The van der Waals surface area contributed by atoms with Crippen LogP contribution in [0.25, 0.3) is 17.2 Å². The normalized spacial score (nSPS) is 12.6. The molecule has 1 aliphatic rings. The number of aromatic carboxylic acids is 1. The Kier molecular flexibility index (Phi) is 5.16. The van der Waals surface area contributed by atoms with Gasteiger partial charge in [0.25, 0.3) is 0 Å². The van der Waals surface area contributed by atoms with Crippen molar-refractivity contribution >= 4 is 18.1 Å². The third kappa shape index (κ3) is 3.91. The van der Waals surface area contributed by atoms with Crippen molar-refractivity contribution in [2.45, 2.75) is 5.92 Å². The molecule has 0 spiro atoms. The van der Waals surface area contributed by atoms with E-state index in [0.29, 0.717) is 0 Å². The number of benzene rings is 2. The molecule has 1 heterocycles. The van der Waals surface area contributed by atoms with Gasteiger partial charge in [-0.25, -0.2) is 9.59 Å². The van der Waals surface area contributed by atoms with Crippen molar-refractivity contribution in [1.82, 2.24) is 10.3 Å². The summed E-state index contributed by atoms with van der Waals surface area (Å²) in [6, 6.07) is 17.9. The second-order valence-electron chi connectivity index (χ2n) is 6.76. The van der Waals surface area contributed by atoms with E-state index in [2.05, 4.69) is 34.6 Å². The van der Waals surface area contributed by atoms with Gasteiger partial charge in [-0.2, -0.15) is 0 Å². The Morgan fingerprint density at radius 3 is 2.34 bits per heavy atom. The quantitative estimate of drug-likeness (QED) is 0.588. The van der Waals surface area contributed by atoms with E-state index in [1.54, 1.807) is 18.3 Å². The molecular weight excluding hydrogens is 368 g/mol. The van der Waals surface area contributed by atoms with E-state index in [1.807, 2.05) is 24.3 Å². The summed E-state index contributed by atoms with van der Waals surface area (Å²) < 4.78 is 5.46. The Balaban J connectivity index is 1.32. The van der Waals surface area contributed by atoms with Crippen LogP contribution >= 0.6 is 0 Å². The summed E-state index contributed by atoms with van der Waals surface area (Å²) in [7, 11) is 0. The number of carboxylic acids is 1. The van der Waals surface area contributed by atoms with E-state index in [-0.39, 0.29) is 24.8 Å². The van der Waals surface area contributed by atoms with Crippen LogP contribution in [0.2, 0.25) is 0 Å². The fourth-order valence-corrected chi connectivity index (χ4v) is 3.62. The number of hydrogen-bond acceptors (Lipinski definition) is 3. The zero-order valence-corrected chi connectivity index (χ0v) is 15.6. The number of carboxylic acid groups (broad SMARTS) is 1. The summed E-state index contributed by atoms with van der Waals surface area (Å²) in [4.78, 5) is 25.6. The number of hydrogen-bond donors (Lipinski definition) is 3. The lowest BCUT2D eigenvalue weighted by atomic mass is 9.98. The molecule has 3 N–H and O–H groups in total. The fraction of sp³-hybridized carbons (Fsp3) is 0.130. The summed E-state index contributed by atoms with van der Waals surface area (Å²) in [6.07, 6.45) is 4.56. The van der Waals surface area contributed by atoms with Gasteiger partial charge in [0.05, 0.1) is 0 Å². The standard InChI is InChI=1S/C23H20N2O4/c26-22(27)21-12-15(13-25-21)6-5-11-24-23(28)29-14-20-18-9-3-1-7-16(18)17-8-2-4-10-19(17)20/h1-10,12-13,20,25H,11,14H2,(H,24,28)(H,26,27). The molecule has 0 atom stereocenters. The number of nitrogens with one attached hydrogen (secondary N) is 2. The van der Waals surface area contributed by atoms with Crippen LogP contribution in [0, 0.1) is 0 Å². The van der Waals surface area contributed by atoms with Crippen molar-refractivity contribution in [3.63, 3.8) is 0 Å². The Morgan fingerprint density at radius 1 is 1.07 bits per heavy atom. The fourth-order valence-electron chi connectivity index (χ4n) is 3.62. The summed E-state index contributed by atoms with van der Waals surface area (Å²) in [5.41, 5.74) is 5.55. The molecule has 4 rings (SSSR count). The van der Waals surface area contributed by atoms with Crippen LogP contribution < -0.4 is 5.32 Å². The van der Waals surface area contributed by atoms with E-state index in [1.165, 1.54) is 28.3 Å². The molecule has 1 amide bonds. The highest BCUT2D eigenvalue weighted by atomic mass is 16.5. The summed E-state index contributed by atoms with van der Waals surface area (Å²) in [5.74, 6) is -0.987. The van der Waals surface area contributed by atoms with Crippen molar-refractivity contribution in [2.24, 2.45) is 0 Å². The van der Waals surface area contributed by atoms with Gasteiger partial charge in [-0.1, -0.05) is 60.7 Å². The van der Waals surface area contributed by atoms with E-state index in [9.17, 15) is 9.59 Å². The SMILES string of the molecule is O=C(NCC=Cc1c[nH]c(C(=O)O)c1)OCC1c2ccccc2-c2ccccc21. The average Bonchev–Trinajstić information content (AvgIpc) is 3.33. The minimum Gasteiger partial charge on any atom is -0.477 e. The van der Waals surface area contributed by atoms with Gasteiger partial charge in [-0.15, -0.1) is 0 Å². The summed E-state index contributed by atoms with van der Waals surface area (Å²) in [5, 5.41) is 11.6. The van der Waals surface area contributed by atoms with Crippen LogP contribution in [0.1, 0.15) is 33.1 Å². The molecule has 1 aromatic heterocycles. The predicted molar refractivity (Wildman–Crippen MR) is 110 cm³/mol. The van der Waals surface area contributed by atoms with Crippen molar-refractivity contribution in [3.8, 4) is 11.1 Å². The molecule has 0 saturated heterocycles. The monoisotopic (exact) mass is 388 g/mol. The largest absolute Gasteiger partial charge is 0.477 e. The second kappa shape index (κ2) is 8.06. The number of fused-ring (bicyclic) bond motifs is 3. The second-order valence-corrected chi connectivity index (χ2v) is 6.76. The molecular formula is C23H20N2O4. The lowest BCUT2D eigenvalue weighted by Crippen LogP contribution is -2.26. The van der Waals surface area contributed by atoms with E-state index < -0.39 is 12.1 Å². The van der Waals surface area contributed by atoms with E-state index in [4.69, 9.17) is 9.84 Å². The van der Waals surface area contributed by atoms with Crippen LogP contribution in [0.4, 0.5) is 4.79 Å². The minimum absolute atomic E-state index is 0.0259. The highest BCUT2D eigenvalue weighted by Gasteiger charge is 2.28. The highest BCUT2D eigenvalue weighted by molar-refractivity contribution is 5.86. The van der Waals surface area contributed by atoms with Gasteiger partial charge in [0.1, 0.15) is 12.3 Å². The van der Waals surface area contributed by atoms with E-state index >= 15 is 0 Å². The molecule has 1 aliphatic carbocycles. The number of rotatable bonds is 6. The number of amides is 1. The number of carbonyl (C=O) groups excluding carboxylic acids is 1. The van der Waals surface area contributed by atoms with Crippen LogP contribution in [0.5, 0.6) is 0 Å². The maximum atomic E-state index is 12.1. The molecule has 0 aliphatic heterocycles. The molecule has 2 aromatic carbocycles. The maximum absolute atomic E-state index is 12.1. The Labute approximate surface area is 167 Å².